The van der Waals surface area contributed by atoms with Crippen LogP contribution < -0.4 is 0 Å². The Kier molecular flexibility index (Phi) is 2.35. The van der Waals surface area contributed by atoms with E-state index in [0.717, 1.165) is 25.8 Å². The number of carbonyl (C=O) groups is 1. The summed E-state index contributed by atoms with van der Waals surface area (Å²) in [6, 6.07) is 9.10. The van der Waals surface area contributed by atoms with E-state index in [2.05, 4.69) is 45.0 Å². The Morgan fingerprint density at radius 2 is 2.00 bits per heavy atom. The van der Waals surface area contributed by atoms with Crippen LogP contribution in [0.15, 0.2) is 24.3 Å². The summed E-state index contributed by atoms with van der Waals surface area (Å²) in [6.45, 7) is 7.91. The highest BCUT2D eigenvalue weighted by Gasteiger charge is 2.55. The van der Waals surface area contributed by atoms with Crippen LogP contribution in [0, 0.1) is 5.41 Å². The van der Waals surface area contributed by atoms with E-state index in [-0.39, 0.29) is 10.8 Å². The Labute approximate surface area is 109 Å². The van der Waals surface area contributed by atoms with Crippen molar-refractivity contribution >= 4 is 6.41 Å². The molecule has 1 amide bonds. The molecule has 0 saturated carbocycles. The predicted molar refractivity (Wildman–Crippen MR) is 72.5 cm³/mol. The van der Waals surface area contributed by atoms with Crippen molar-refractivity contribution in [1.82, 2.24) is 4.90 Å². The van der Waals surface area contributed by atoms with Crippen molar-refractivity contribution in [2.24, 2.45) is 5.41 Å². The van der Waals surface area contributed by atoms with Crippen LogP contribution in [-0.4, -0.2) is 23.9 Å². The van der Waals surface area contributed by atoms with Gasteiger partial charge < -0.3 is 4.90 Å². The van der Waals surface area contributed by atoms with E-state index in [1.807, 2.05) is 4.90 Å². The summed E-state index contributed by atoms with van der Waals surface area (Å²) in [5, 5.41) is 0. The molecule has 2 aliphatic rings. The Morgan fingerprint density at radius 3 is 2.72 bits per heavy atom. The van der Waals surface area contributed by atoms with Crippen LogP contribution >= 0.6 is 0 Å². The molecule has 1 saturated heterocycles. The number of fused-ring (bicyclic) bond motifs is 4. The number of nitrogens with zero attached hydrogens (tertiary/aromatic N) is 1. The van der Waals surface area contributed by atoms with Gasteiger partial charge in [-0.15, -0.1) is 0 Å². The standard InChI is InChI=1S/C16H21NO/c1-15(2)14-10-12-6-4-5-7-13(12)16(15,3)8-9-17(14)11-18/h4-7,11,14H,8-10H2,1-3H3/t14-,16+/m1/s1. The average molecular weight is 243 g/mol. The lowest BCUT2D eigenvalue weighted by atomic mass is 9.51. The van der Waals surface area contributed by atoms with Crippen molar-refractivity contribution < 1.29 is 4.79 Å². The zero-order valence-corrected chi connectivity index (χ0v) is 11.4. The average Bonchev–Trinajstić information content (AvgIpc) is 2.34. The van der Waals surface area contributed by atoms with Gasteiger partial charge in [-0.25, -0.2) is 0 Å². The van der Waals surface area contributed by atoms with Crippen molar-refractivity contribution in [3.05, 3.63) is 35.4 Å². The van der Waals surface area contributed by atoms with E-state index < -0.39 is 0 Å². The molecule has 0 unspecified atom stereocenters. The van der Waals surface area contributed by atoms with E-state index in [4.69, 9.17) is 0 Å². The summed E-state index contributed by atoms with van der Waals surface area (Å²) in [5.41, 5.74) is 3.25. The van der Waals surface area contributed by atoms with Crippen LogP contribution in [0.3, 0.4) is 0 Å². The highest BCUT2D eigenvalue weighted by molar-refractivity contribution is 5.52. The minimum Gasteiger partial charge on any atom is -0.341 e. The van der Waals surface area contributed by atoms with E-state index >= 15 is 0 Å². The van der Waals surface area contributed by atoms with Gasteiger partial charge in [0.2, 0.25) is 6.41 Å². The molecule has 1 aromatic rings. The van der Waals surface area contributed by atoms with Crippen LogP contribution in [0.2, 0.25) is 0 Å². The molecule has 2 nitrogen and oxygen atoms in total. The summed E-state index contributed by atoms with van der Waals surface area (Å²) < 4.78 is 0. The lowest BCUT2D eigenvalue weighted by Crippen LogP contribution is -2.63. The third-order valence-electron chi connectivity index (χ3n) is 5.69. The SMILES string of the molecule is CC1(C)[C@H]2Cc3ccccc3[C@]1(C)CCN2C=O. The summed E-state index contributed by atoms with van der Waals surface area (Å²) in [7, 11) is 0. The monoisotopic (exact) mass is 243 g/mol. The fraction of sp³-hybridized carbons (Fsp3) is 0.562. The lowest BCUT2D eigenvalue weighted by molar-refractivity contribution is -0.129. The minimum absolute atomic E-state index is 0.139. The van der Waals surface area contributed by atoms with Crippen LogP contribution in [0.4, 0.5) is 0 Å². The molecular weight excluding hydrogens is 222 g/mol. The zero-order chi connectivity index (χ0) is 13.0. The second kappa shape index (κ2) is 3.59. The Balaban J connectivity index is 2.19. The number of likely N-dealkylation sites (tertiary alicyclic amines) is 1. The van der Waals surface area contributed by atoms with Crippen molar-refractivity contribution in [2.45, 2.75) is 45.1 Å². The van der Waals surface area contributed by atoms with Gasteiger partial charge in [-0.2, -0.15) is 0 Å². The number of rotatable bonds is 1. The van der Waals surface area contributed by atoms with Gasteiger partial charge in [-0.1, -0.05) is 45.0 Å². The molecule has 0 N–H and O–H groups in total. The number of hydrogen-bond acceptors (Lipinski definition) is 1. The first kappa shape index (κ1) is 11.8. The van der Waals surface area contributed by atoms with Gasteiger partial charge >= 0.3 is 0 Å². The van der Waals surface area contributed by atoms with Crippen LogP contribution in [0.1, 0.15) is 38.3 Å². The summed E-state index contributed by atoms with van der Waals surface area (Å²) in [6.07, 6.45) is 3.10. The molecule has 2 heteroatoms. The minimum atomic E-state index is 0.139. The molecule has 1 heterocycles. The fourth-order valence-electron chi connectivity index (χ4n) is 4.04. The molecule has 0 radical (unpaired) electrons. The maximum absolute atomic E-state index is 11.3. The smallest absolute Gasteiger partial charge is 0.209 e. The van der Waals surface area contributed by atoms with Gasteiger partial charge in [0.15, 0.2) is 0 Å². The van der Waals surface area contributed by atoms with E-state index in [9.17, 15) is 4.79 Å². The molecular formula is C16H21NO. The first-order valence-corrected chi connectivity index (χ1v) is 6.80. The predicted octanol–water partition coefficient (Wildman–Crippen LogP) is 2.76. The van der Waals surface area contributed by atoms with E-state index in [1.165, 1.54) is 11.1 Å². The van der Waals surface area contributed by atoms with Crippen molar-refractivity contribution in [1.29, 1.82) is 0 Å². The maximum Gasteiger partial charge on any atom is 0.209 e. The molecule has 18 heavy (non-hydrogen) atoms. The van der Waals surface area contributed by atoms with Gasteiger partial charge in [0.25, 0.3) is 0 Å². The third kappa shape index (κ3) is 1.26. The van der Waals surface area contributed by atoms with Crippen molar-refractivity contribution in [2.75, 3.05) is 6.54 Å². The van der Waals surface area contributed by atoms with Gasteiger partial charge in [-0.05, 0) is 29.4 Å². The number of piperidine rings is 1. The van der Waals surface area contributed by atoms with Crippen molar-refractivity contribution in [3.63, 3.8) is 0 Å². The summed E-state index contributed by atoms with van der Waals surface area (Å²) in [5.74, 6) is 0. The quantitative estimate of drug-likeness (QED) is 0.695. The molecule has 1 fully saturated rings. The molecule has 0 spiro atoms. The Hall–Kier alpha value is -1.31. The number of hydrogen-bond donors (Lipinski definition) is 0. The molecule has 2 bridgehead atoms. The van der Waals surface area contributed by atoms with Gasteiger partial charge in [-0.3, -0.25) is 4.79 Å². The molecule has 0 aromatic heterocycles. The van der Waals surface area contributed by atoms with Crippen LogP contribution in [0.5, 0.6) is 0 Å². The number of benzene rings is 1. The Bertz CT molecular complexity index is 494. The molecule has 3 rings (SSSR count). The molecule has 1 aliphatic heterocycles. The first-order chi connectivity index (χ1) is 8.50. The van der Waals surface area contributed by atoms with Crippen LogP contribution in [-0.2, 0) is 16.6 Å². The lowest BCUT2D eigenvalue weighted by Gasteiger charge is -2.60. The summed E-state index contributed by atoms with van der Waals surface area (Å²) in [4.78, 5) is 13.3. The van der Waals surface area contributed by atoms with E-state index in [1.54, 1.807) is 0 Å². The number of carbonyl (C=O) groups excluding carboxylic acids is 1. The first-order valence-electron chi connectivity index (χ1n) is 6.80. The summed E-state index contributed by atoms with van der Waals surface area (Å²) >= 11 is 0. The largest absolute Gasteiger partial charge is 0.341 e. The third-order valence-corrected chi connectivity index (χ3v) is 5.69. The maximum atomic E-state index is 11.3. The highest BCUT2D eigenvalue weighted by Crippen LogP contribution is 2.55. The van der Waals surface area contributed by atoms with Crippen molar-refractivity contribution in [3.8, 4) is 0 Å². The number of amides is 1. The fourth-order valence-corrected chi connectivity index (χ4v) is 4.04. The molecule has 96 valence electrons. The zero-order valence-electron chi connectivity index (χ0n) is 11.4. The second-order valence-corrected chi connectivity index (χ2v) is 6.52. The Morgan fingerprint density at radius 1 is 1.28 bits per heavy atom. The molecule has 2 atom stereocenters. The molecule has 1 aliphatic carbocycles. The van der Waals surface area contributed by atoms with Gasteiger partial charge in [0.1, 0.15) is 0 Å². The van der Waals surface area contributed by atoms with E-state index in [0.29, 0.717) is 6.04 Å². The molecule has 1 aromatic carbocycles. The van der Waals surface area contributed by atoms with Crippen LogP contribution in [0.25, 0.3) is 0 Å². The second-order valence-electron chi connectivity index (χ2n) is 6.52. The topological polar surface area (TPSA) is 20.3 Å². The van der Waals surface area contributed by atoms with Gasteiger partial charge in [0.05, 0.1) is 0 Å². The van der Waals surface area contributed by atoms with Gasteiger partial charge in [0, 0.05) is 18.0 Å². The normalized spacial score (nSPS) is 32.8. The highest BCUT2D eigenvalue weighted by atomic mass is 16.1.